The van der Waals surface area contributed by atoms with Crippen LogP contribution in [0.1, 0.15) is 13.8 Å². The van der Waals surface area contributed by atoms with E-state index in [2.05, 4.69) is 13.2 Å². The topological polar surface area (TPSA) is 9.23 Å². The van der Waals surface area contributed by atoms with Crippen LogP contribution in [0.2, 0.25) is 0 Å². The van der Waals surface area contributed by atoms with Crippen LogP contribution in [-0.2, 0) is 4.74 Å². The standard InChI is InChI=1S/C10H15FO/c1-6-9(12-5)10(11)8(4)7(2)3/h6-7H,1,4H2,2-3,5H3/b10-9-. The molecular weight excluding hydrogens is 155 g/mol. The first-order chi connectivity index (χ1) is 5.54. The normalized spacial score (nSPS) is 12.4. The van der Waals surface area contributed by atoms with E-state index >= 15 is 0 Å². The number of hydrogen-bond acceptors (Lipinski definition) is 1. The van der Waals surface area contributed by atoms with Gasteiger partial charge in [0.25, 0.3) is 0 Å². The molecule has 0 rings (SSSR count). The fourth-order valence-corrected chi connectivity index (χ4v) is 0.674. The van der Waals surface area contributed by atoms with Crippen LogP contribution in [0.25, 0.3) is 0 Å². The molecule has 0 saturated carbocycles. The Morgan fingerprint density at radius 1 is 1.50 bits per heavy atom. The van der Waals surface area contributed by atoms with Crippen molar-refractivity contribution in [1.29, 1.82) is 0 Å². The summed E-state index contributed by atoms with van der Waals surface area (Å²) < 4.78 is 18.1. The first kappa shape index (κ1) is 11.0. The lowest BCUT2D eigenvalue weighted by Gasteiger charge is -2.09. The summed E-state index contributed by atoms with van der Waals surface area (Å²) in [6.07, 6.45) is 1.34. The number of rotatable bonds is 4. The third-order valence-electron chi connectivity index (χ3n) is 1.60. The molecule has 0 N–H and O–H groups in total. The van der Waals surface area contributed by atoms with E-state index in [-0.39, 0.29) is 11.7 Å². The van der Waals surface area contributed by atoms with Crippen molar-refractivity contribution < 1.29 is 9.13 Å². The summed E-state index contributed by atoms with van der Waals surface area (Å²) in [6, 6.07) is 0. The van der Waals surface area contributed by atoms with Gasteiger partial charge in [0.2, 0.25) is 0 Å². The zero-order valence-electron chi connectivity index (χ0n) is 7.86. The summed E-state index contributed by atoms with van der Waals surface area (Å²) in [7, 11) is 1.41. The lowest BCUT2D eigenvalue weighted by atomic mass is 10.0. The van der Waals surface area contributed by atoms with Crippen LogP contribution in [-0.4, -0.2) is 7.11 Å². The first-order valence-corrected chi connectivity index (χ1v) is 3.80. The number of hydrogen-bond donors (Lipinski definition) is 0. The van der Waals surface area contributed by atoms with E-state index in [0.717, 1.165) is 0 Å². The summed E-state index contributed by atoms with van der Waals surface area (Å²) in [6.45, 7) is 10.8. The molecule has 0 radical (unpaired) electrons. The van der Waals surface area contributed by atoms with Crippen molar-refractivity contribution in [1.82, 2.24) is 0 Å². The van der Waals surface area contributed by atoms with Crippen LogP contribution in [0.5, 0.6) is 0 Å². The van der Waals surface area contributed by atoms with Crippen molar-refractivity contribution in [3.63, 3.8) is 0 Å². The van der Waals surface area contributed by atoms with Gasteiger partial charge < -0.3 is 4.74 Å². The molecule has 12 heavy (non-hydrogen) atoms. The van der Waals surface area contributed by atoms with Gasteiger partial charge in [-0.3, -0.25) is 0 Å². The molecule has 0 aromatic carbocycles. The van der Waals surface area contributed by atoms with Crippen LogP contribution in [0.15, 0.2) is 36.4 Å². The number of halogens is 1. The molecule has 0 atom stereocenters. The fraction of sp³-hybridized carbons (Fsp3) is 0.400. The molecule has 0 aliphatic carbocycles. The van der Waals surface area contributed by atoms with E-state index in [4.69, 9.17) is 4.74 Å². The molecule has 0 unspecified atom stereocenters. The molecule has 0 heterocycles. The number of methoxy groups -OCH3 is 1. The molecule has 0 amide bonds. The average Bonchev–Trinajstić information content (AvgIpc) is 2.05. The molecule has 0 spiro atoms. The van der Waals surface area contributed by atoms with Crippen molar-refractivity contribution >= 4 is 0 Å². The number of ether oxygens (including phenoxy) is 1. The van der Waals surface area contributed by atoms with Gasteiger partial charge >= 0.3 is 0 Å². The minimum Gasteiger partial charge on any atom is -0.494 e. The molecule has 68 valence electrons. The Hall–Kier alpha value is -1.05. The second-order valence-electron chi connectivity index (χ2n) is 2.77. The predicted molar refractivity (Wildman–Crippen MR) is 49.3 cm³/mol. The van der Waals surface area contributed by atoms with Crippen molar-refractivity contribution in [2.45, 2.75) is 13.8 Å². The summed E-state index contributed by atoms with van der Waals surface area (Å²) >= 11 is 0. The van der Waals surface area contributed by atoms with Crippen LogP contribution < -0.4 is 0 Å². The Morgan fingerprint density at radius 3 is 2.25 bits per heavy atom. The molecule has 0 fully saturated rings. The van der Waals surface area contributed by atoms with E-state index in [9.17, 15) is 4.39 Å². The highest BCUT2D eigenvalue weighted by atomic mass is 19.1. The lowest BCUT2D eigenvalue weighted by Crippen LogP contribution is -1.96. The van der Waals surface area contributed by atoms with Gasteiger partial charge in [0.15, 0.2) is 11.6 Å². The third-order valence-corrected chi connectivity index (χ3v) is 1.60. The molecule has 2 heteroatoms. The Kier molecular flexibility index (Phi) is 4.34. The second kappa shape index (κ2) is 4.75. The van der Waals surface area contributed by atoms with E-state index in [0.29, 0.717) is 5.57 Å². The van der Waals surface area contributed by atoms with Gasteiger partial charge in [0, 0.05) is 0 Å². The highest BCUT2D eigenvalue weighted by Gasteiger charge is 2.10. The molecule has 0 bridgehead atoms. The maximum absolute atomic E-state index is 13.3. The second-order valence-corrected chi connectivity index (χ2v) is 2.77. The van der Waals surface area contributed by atoms with Crippen molar-refractivity contribution in [2.24, 2.45) is 5.92 Å². The van der Waals surface area contributed by atoms with Gasteiger partial charge in [-0.2, -0.15) is 0 Å². The molecule has 0 aliphatic heterocycles. The van der Waals surface area contributed by atoms with Gasteiger partial charge in [-0.05, 0) is 17.6 Å². The van der Waals surface area contributed by atoms with Gasteiger partial charge in [-0.25, -0.2) is 4.39 Å². The largest absolute Gasteiger partial charge is 0.494 e. The Bertz CT molecular complexity index is 214. The zero-order chi connectivity index (χ0) is 9.72. The minimum atomic E-state index is -0.414. The van der Waals surface area contributed by atoms with Gasteiger partial charge in [-0.15, -0.1) is 0 Å². The van der Waals surface area contributed by atoms with Crippen molar-refractivity contribution in [2.75, 3.05) is 7.11 Å². The van der Waals surface area contributed by atoms with E-state index < -0.39 is 5.83 Å². The van der Waals surface area contributed by atoms with Crippen LogP contribution >= 0.6 is 0 Å². The molecule has 1 nitrogen and oxygen atoms in total. The first-order valence-electron chi connectivity index (χ1n) is 3.80. The molecular formula is C10H15FO. The average molecular weight is 170 g/mol. The summed E-state index contributed by atoms with van der Waals surface area (Å²) in [5.74, 6) is -0.189. The molecule has 0 aromatic rings. The van der Waals surface area contributed by atoms with E-state index in [1.165, 1.54) is 13.2 Å². The zero-order valence-corrected chi connectivity index (χ0v) is 7.86. The summed E-state index contributed by atoms with van der Waals surface area (Å²) in [5, 5.41) is 0. The molecule has 0 aliphatic rings. The highest BCUT2D eigenvalue weighted by Crippen LogP contribution is 2.22. The maximum atomic E-state index is 13.3. The summed E-state index contributed by atoms with van der Waals surface area (Å²) in [4.78, 5) is 0. The van der Waals surface area contributed by atoms with Crippen molar-refractivity contribution in [3.8, 4) is 0 Å². The van der Waals surface area contributed by atoms with Crippen LogP contribution in [0.3, 0.4) is 0 Å². The lowest BCUT2D eigenvalue weighted by molar-refractivity contribution is 0.291. The Morgan fingerprint density at radius 2 is 2.00 bits per heavy atom. The number of allylic oxidation sites excluding steroid dienone is 3. The fourth-order valence-electron chi connectivity index (χ4n) is 0.674. The van der Waals surface area contributed by atoms with Gasteiger partial charge in [0.05, 0.1) is 7.11 Å². The van der Waals surface area contributed by atoms with E-state index in [1.54, 1.807) is 0 Å². The maximum Gasteiger partial charge on any atom is 0.167 e. The van der Waals surface area contributed by atoms with Gasteiger partial charge in [-0.1, -0.05) is 27.0 Å². The van der Waals surface area contributed by atoms with Crippen LogP contribution in [0.4, 0.5) is 4.39 Å². The SMILES string of the molecule is C=C/C(OC)=C(/F)C(=C)C(C)C. The van der Waals surface area contributed by atoms with E-state index in [1.807, 2.05) is 13.8 Å². The van der Waals surface area contributed by atoms with Gasteiger partial charge in [0.1, 0.15) is 0 Å². The predicted octanol–water partition coefficient (Wildman–Crippen LogP) is 3.21. The minimum absolute atomic E-state index is 0.0788. The third kappa shape index (κ3) is 2.53. The quantitative estimate of drug-likeness (QED) is 0.465. The molecule has 0 saturated heterocycles. The molecule has 0 aromatic heterocycles. The monoisotopic (exact) mass is 170 g/mol. The summed E-state index contributed by atoms with van der Waals surface area (Å²) in [5.41, 5.74) is 0.437. The highest BCUT2D eigenvalue weighted by molar-refractivity contribution is 5.30. The smallest absolute Gasteiger partial charge is 0.167 e. The Balaban J connectivity index is 4.74. The van der Waals surface area contributed by atoms with Crippen LogP contribution in [0, 0.1) is 5.92 Å². The van der Waals surface area contributed by atoms with Crippen molar-refractivity contribution in [3.05, 3.63) is 36.4 Å². The Labute approximate surface area is 73.2 Å².